The molecule has 0 saturated carbocycles. The van der Waals surface area contributed by atoms with Gasteiger partial charge in [-0.05, 0) is 13.3 Å². The van der Waals surface area contributed by atoms with Crippen LogP contribution in [0.5, 0.6) is 0 Å². The lowest BCUT2D eigenvalue weighted by Gasteiger charge is -2.31. The van der Waals surface area contributed by atoms with Crippen LogP contribution in [-0.2, 0) is 23.1 Å². The lowest BCUT2D eigenvalue weighted by Crippen LogP contribution is -2.54. The zero-order valence-corrected chi connectivity index (χ0v) is 12.3. The summed E-state index contributed by atoms with van der Waals surface area (Å²) >= 11 is 0. The number of carbonyl (C=O) groups excluding carboxylic acids is 2. The molecule has 0 aliphatic carbocycles. The molecule has 1 aromatic rings. The normalized spacial score (nSPS) is 23.6. The second-order valence-electron chi connectivity index (χ2n) is 5.48. The largest absolute Gasteiger partial charge is 0.342 e. The first kappa shape index (κ1) is 14.6. The minimum Gasteiger partial charge on any atom is -0.342 e. The predicted octanol–water partition coefficient (Wildman–Crippen LogP) is 0.480. The summed E-state index contributed by atoms with van der Waals surface area (Å²) < 4.78 is 1.95. The number of rotatable bonds is 4. The summed E-state index contributed by atoms with van der Waals surface area (Å²) in [7, 11) is 1.94. The van der Waals surface area contributed by atoms with Crippen molar-refractivity contribution in [2.45, 2.75) is 38.6 Å². The average Bonchev–Trinajstić information content (AvgIpc) is 2.79. The van der Waals surface area contributed by atoms with Crippen LogP contribution in [0.4, 0.5) is 0 Å². The quantitative estimate of drug-likeness (QED) is 0.871. The first-order valence-electron chi connectivity index (χ1n) is 7.03. The first-order chi connectivity index (χ1) is 9.46. The third-order valence-corrected chi connectivity index (χ3v) is 4.02. The third-order valence-electron chi connectivity index (χ3n) is 4.02. The highest BCUT2D eigenvalue weighted by atomic mass is 16.2. The predicted molar refractivity (Wildman–Crippen MR) is 74.9 cm³/mol. The van der Waals surface area contributed by atoms with Gasteiger partial charge in [0.25, 0.3) is 0 Å². The molecule has 6 nitrogen and oxygen atoms in total. The molecular weight excluding hydrogens is 256 g/mol. The lowest BCUT2D eigenvalue weighted by atomic mass is 9.97. The summed E-state index contributed by atoms with van der Waals surface area (Å²) in [4.78, 5) is 30.3. The van der Waals surface area contributed by atoms with Crippen molar-refractivity contribution in [3.63, 3.8) is 0 Å². The zero-order chi connectivity index (χ0) is 14.8. The van der Waals surface area contributed by atoms with Crippen LogP contribution in [0.3, 0.4) is 0 Å². The molecule has 1 N–H and O–H groups in total. The molecular formula is C14H22N4O2. The van der Waals surface area contributed by atoms with Crippen LogP contribution in [0.2, 0.25) is 0 Å². The topological polar surface area (TPSA) is 67.2 Å². The Hall–Kier alpha value is -1.85. The van der Waals surface area contributed by atoms with Crippen LogP contribution in [0.1, 0.15) is 32.5 Å². The third kappa shape index (κ3) is 2.84. The molecule has 2 amide bonds. The van der Waals surface area contributed by atoms with E-state index < -0.39 is 5.54 Å². The Balaban J connectivity index is 2.08. The van der Waals surface area contributed by atoms with Crippen molar-refractivity contribution in [3.8, 4) is 0 Å². The Morgan fingerprint density at radius 3 is 2.80 bits per heavy atom. The van der Waals surface area contributed by atoms with Gasteiger partial charge in [0.1, 0.15) is 11.4 Å². The van der Waals surface area contributed by atoms with E-state index in [9.17, 15) is 9.59 Å². The van der Waals surface area contributed by atoms with E-state index >= 15 is 0 Å². The molecule has 6 heteroatoms. The second-order valence-corrected chi connectivity index (χ2v) is 5.48. The monoisotopic (exact) mass is 278 g/mol. The van der Waals surface area contributed by atoms with Crippen molar-refractivity contribution in [1.29, 1.82) is 0 Å². The molecule has 0 spiro atoms. The number of hydrogen-bond acceptors (Lipinski definition) is 3. The molecule has 1 aliphatic heterocycles. The summed E-state index contributed by atoms with van der Waals surface area (Å²) in [6.45, 7) is 4.78. The van der Waals surface area contributed by atoms with Crippen molar-refractivity contribution in [2.75, 3.05) is 13.1 Å². The highest BCUT2D eigenvalue weighted by Crippen LogP contribution is 2.17. The maximum Gasteiger partial charge on any atom is 0.248 e. The molecule has 20 heavy (non-hydrogen) atoms. The molecule has 1 aromatic heterocycles. The van der Waals surface area contributed by atoms with E-state index in [0.717, 1.165) is 5.82 Å². The SMILES string of the molecule is CCC1(C)NC(=O)CCN(CCc2nccn2C)C1=O. The van der Waals surface area contributed by atoms with E-state index in [1.54, 1.807) is 18.0 Å². The lowest BCUT2D eigenvalue weighted by molar-refractivity contribution is -0.138. The standard InChI is InChI=1S/C14H22N4O2/c1-4-14(2)13(20)18(9-6-12(19)16-14)8-5-11-15-7-10-17(11)3/h7,10H,4-6,8-9H2,1-3H3,(H,16,19). The van der Waals surface area contributed by atoms with Gasteiger partial charge < -0.3 is 14.8 Å². The number of aromatic nitrogens is 2. The van der Waals surface area contributed by atoms with Crippen molar-refractivity contribution in [1.82, 2.24) is 19.8 Å². The number of imidazole rings is 1. The Morgan fingerprint density at radius 1 is 1.45 bits per heavy atom. The van der Waals surface area contributed by atoms with Gasteiger partial charge in [0.05, 0.1) is 0 Å². The van der Waals surface area contributed by atoms with Crippen LogP contribution in [-0.4, -0.2) is 44.9 Å². The molecule has 1 fully saturated rings. The van der Waals surface area contributed by atoms with Crippen molar-refractivity contribution < 1.29 is 9.59 Å². The summed E-state index contributed by atoms with van der Waals surface area (Å²) in [6.07, 6.45) is 5.29. The van der Waals surface area contributed by atoms with Gasteiger partial charge >= 0.3 is 0 Å². The smallest absolute Gasteiger partial charge is 0.248 e. The van der Waals surface area contributed by atoms with Crippen LogP contribution in [0.15, 0.2) is 12.4 Å². The molecule has 0 aromatic carbocycles. The van der Waals surface area contributed by atoms with E-state index in [4.69, 9.17) is 0 Å². The fourth-order valence-corrected chi connectivity index (χ4v) is 2.44. The zero-order valence-electron chi connectivity index (χ0n) is 12.3. The Labute approximate surface area is 119 Å². The van der Waals surface area contributed by atoms with Crippen LogP contribution in [0.25, 0.3) is 0 Å². The fraction of sp³-hybridized carbons (Fsp3) is 0.643. The van der Waals surface area contributed by atoms with E-state index in [0.29, 0.717) is 32.4 Å². The molecule has 110 valence electrons. The summed E-state index contributed by atoms with van der Waals surface area (Å²) in [5, 5.41) is 2.84. The molecule has 2 rings (SSSR count). The minimum absolute atomic E-state index is 0.0000548. The maximum absolute atomic E-state index is 12.6. The van der Waals surface area contributed by atoms with Crippen LogP contribution in [0, 0.1) is 0 Å². The average molecular weight is 278 g/mol. The number of amides is 2. The van der Waals surface area contributed by atoms with E-state index in [-0.39, 0.29) is 11.8 Å². The second kappa shape index (κ2) is 5.64. The number of carbonyl (C=O) groups is 2. The van der Waals surface area contributed by atoms with Gasteiger partial charge in [-0.15, -0.1) is 0 Å². The Kier molecular flexibility index (Phi) is 4.11. The van der Waals surface area contributed by atoms with Gasteiger partial charge in [-0.25, -0.2) is 4.98 Å². The van der Waals surface area contributed by atoms with Crippen molar-refractivity contribution >= 4 is 11.8 Å². The molecule has 0 bridgehead atoms. The van der Waals surface area contributed by atoms with E-state index in [1.807, 2.05) is 24.7 Å². The maximum atomic E-state index is 12.6. The molecule has 0 radical (unpaired) electrons. The number of nitrogens with zero attached hydrogens (tertiary/aromatic N) is 3. The van der Waals surface area contributed by atoms with Gasteiger partial charge in [0.15, 0.2) is 0 Å². The number of aryl methyl sites for hydroxylation is 1. The van der Waals surface area contributed by atoms with Crippen LogP contribution < -0.4 is 5.32 Å². The summed E-state index contributed by atoms with van der Waals surface area (Å²) in [5.74, 6) is 0.891. The van der Waals surface area contributed by atoms with Gasteiger partial charge in [0.2, 0.25) is 11.8 Å². The molecule has 1 atom stereocenters. The minimum atomic E-state index is -0.783. The molecule has 1 saturated heterocycles. The van der Waals surface area contributed by atoms with Crippen molar-refractivity contribution in [2.24, 2.45) is 7.05 Å². The molecule has 1 aliphatic rings. The van der Waals surface area contributed by atoms with Gasteiger partial charge in [-0.3, -0.25) is 9.59 Å². The highest BCUT2D eigenvalue weighted by Gasteiger charge is 2.38. The van der Waals surface area contributed by atoms with Gasteiger partial charge in [-0.1, -0.05) is 6.92 Å². The molecule has 2 heterocycles. The number of hydrogen-bond donors (Lipinski definition) is 1. The first-order valence-corrected chi connectivity index (χ1v) is 7.03. The van der Waals surface area contributed by atoms with Crippen molar-refractivity contribution in [3.05, 3.63) is 18.2 Å². The van der Waals surface area contributed by atoms with Gasteiger partial charge in [0, 0.05) is 45.4 Å². The summed E-state index contributed by atoms with van der Waals surface area (Å²) in [5.41, 5.74) is -0.783. The summed E-state index contributed by atoms with van der Waals surface area (Å²) in [6, 6.07) is 0. The highest BCUT2D eigenvalue weighted by molar-refractivity contribution is 5.93. The van der Waals surface area contributed by atoms with E-state index in [2.05, 4.69) is 10.3 Å². The number of nitrogens with one attached hydrogen (secondary N) is 1. The Bertz CT molecular complexity index is 511. The molecule has 1 unspecified atom stereocenters. The van der Waals surface area contributed by atoms with Crippen LogP contribution >= 0.6 is 0 Å². The Morgan fingerprint density at radius 2 is 2.20 bits per heavy atom. The van der Waals surface area contributed by atoms with Gasteiger partial charge in [-0.2, -0.15) is 0 Å². The fourth-order valence-electron chi connectivity index (χ4n) is 2.44. The van der Waals surface area contributed by atoms with E-state index in [1.165, 1.54) is 0 Å².